The molecule has 0 aromatic rings. The van der Waals surface area contributed by atoms with Gasteiger partial charge in [-0.05, 0) is 18.8 Å². The van der Waals surface area contributed by atoms with Crippen molar-refractivity contribution >= 4 is 5.97 Å². The maximum absolute atomic E-state index is 10.8. The highest BCUT2D eigenvalue weighted by Gasteiger charge is 2.34. The van der Waals surface area contributed by atoms with Crippen LogP contribution in [0.5, 0.6) is 0 Å². The van der Waals surface area contributed by atoms with Gasteiger partial charge in [0, 0.05) is 6.92 Å². The van der Waals surface area contributed by atoms with Crippen molar-refractivity contribution in [3.8, 4) is 0 Å². The molecule has 12 heavy (non-hydrogen) atoms. The molecule has 0 bridgehead atoms. The van der Waals surface area contributed by atoms with E-state index in [1.165, 1.54) is 6.92 Å². The van der Waals surface area contributed by atoms with E-state index in [0.717, 1.165) is 0 Å². The summed E-state index contributed by atoms with van der Waals surface area (Å²) in [6, 6.07) is 0. The molecule has 2 nitrogen and oxygen atoms in total. The number of esters is 1. The molecule has 0 unspecified atom stereocenters. The van der Waals surface area contributed by atoms with Gasteiger partial charge in [0.15, 0.2) is 0 Å². The Morgan fingerprint density at radius 2 is 1.50 bits per heavy atom. The lowest BCUT2D eigenvalue weighted by atomic mass is 9.82. The first-order valence-corrected chi connectivity index (χ1v) is 4.50. The van der Waals surface area contributed by atoms with Crippen LogP contribution in [0.1, 0.15) is 41.5 Å². The third kappa shape index (κ3) is 2.50. The maximum Gasteiger partial charge on any atom is 0.303 e. The van der Waals surface area contributed by atoms with Gasteiger partial charge in [0.2, 0.25) is 0 Å². The van der Waals surface area contributed by atoms with E-state index in [4.69, 9.17) is 4.74 Å². The van der Waals surface area contributed by atoms with Gasteiger partial charge in [-0.25, -0.2) is 0 Å². The highest BCUT2D eigenvalue weighted by Crippen LogP contribution is 2.29. The van der Waals surface area contributed by atoms with Crippen LogP contribution in [0.3, 0.4) is 0 Å². The molecule has 0 rings (SSSR count). The first-order valence-electron chi connectivity index (χ1n) is 4.50. The summed E-state index contributed by atoms with van der Waals surface area (Å²) in [4.78, 5) is 10.8. The van der Waals surface area contributed by atoms with E-state index < -0.39 is 0 Å². The minimum absolute atomic E-state index is 0.195. The molecule has 0 radical (unpaired) electrons. The molecule has 0 saturated carbocycles. The average Bonchev–Trinajstić information content (AvgIpc) is 1.84. The van der Waals surface area contributed by atoms with Crippen LogP contribution < -0.4 is 0 Å². The van der Waals surface area contributed by atoms with Gasteiger partial charge in [0.25, 0.3) is 0 Å². The molecule has 0 aromatic carbocycles. The quantitative estimate of drug-likeness (QED) is 0.612. The Kier molecular flexibility index (Phi) is 3.75. The largest absolute Gasteiger partial charge is 0.459 e. The van der Waals surface area contributed by atoms with E-state index in [1.807, 2.05) is 6.92 Å². The smallest absolute Gasteiger partial charge is 0.303 e. The van der Waals surface area contributed by atoms with Crippen LogP contribution in [0.25, 0.3) is 0 Å². The third-order valence-corrected chi connectivity index (χ3v) is 2.66. The van der Waals surface area contributed by atoms with E-state index in [2.05, 4.69) is 27.7 Å². The predicted octanol–water partition coefficient (Wildman–Crippen LogP) is 2.62. The third-order valence-electron chi connectivity index (χ3n) is 2.66. The topological polar surface area (TPSA) is 26.3 Å². The van der Waals surface area contributed by atoms with E-state index >= 15 is 0 Å². The molecule has 72 valence electrons. The SMILES string of the molecule is CC(=O)OC(C)(C(C)C)C(C)C. The second kappa shape index (κ2) is 3.92. The van der Waals surface area contributed by atoms with Gasteiger partial charge in [0.1, 0.15) is 5.60 Å². The summed E-state index contributed by atoms with van der Waals surface area (Å²) in [5, 5.41) is 0. The molecule has 0 aliphatic carbocycles. The summed E-state index contributed by atoms with van der Waals surface area (Å²) in [7, 11) is 0. The van der Waals surface area contributed by atoms with Crippen molar-refractivity contribution in [1.29, 1.82) is 0 Å². The van der Waals surface area contributed by atoms with Crippen molar-refractivity contribution < 1.29 is 9.53 Å². The van der Waals surface area contributed by atoms with Gasteiger partial charge in [-0.3, -0.25) is 4.79 Å². The Morgan fingerprint density at radius 3 is 1.58 bits per heavy atom. The molecule has 2 heteroatoms. The molecular weight excluding hydrogens is 152 g/mol. The maximum atomic E-state index is 10.8. The summed E-state index contributed by atoms with van der Waals surface area (Å²) in [5.74, 6) is 0.502. The zero-order chi connectivity index (χ0) is 9.94. The van der Waals surface area contributed by atoms with Crippen LogP contribution in [0, 0.1) is 11.8 Å². The van der Waals surface area contributed by atoms with Gasteiger partial charge < -0.3 is 4.74 Å². The second-order valence-corrected chi connectivity index (χ2v) is 4.09. The fourth-order valence-electron chi connectivity index (χ4n) is 1.21. The Bertz CT molecular complexity index is 151. The molecular formula is C10H20O2. The zero-order valence-corrected chi connectivity index (χ0v) is 8.97. The van der Waals surface area contributed by atoms with Crippen molar-refractivity contribution in [2.45, 2.75) is 47.1 Å². The van der Waals surface area contributed by atoms with Crippen LogP contribution in [-0.4, -0.2) is 11.6 Å². The number of carbonyl (C=O) groups is 1. The van der Waals surface area contributed by atoms with Crippen molar-refractivity contribution in [2.75, 3.05) is 0 Å². The van der Waals surface area contributed by atoms with Crippen LogP contribution in [0.4, 0.5) is 0 Å². The fourth-order valence-corrected chi connectivity index (χ4v) is 1.21. The van der Waals surface area contributed by atoms with Gasteiger partial charge in [-0.2, -0.15) is 0 Å². The second-order valence-electron chi connectivity index (χ2n) is 4.09. The van der Waals surface area contributed by atoms with Crippen LogP contribution in [0.2, 0.25) is 0 Å². The molecule has 0 saturated heterocycles. The van der Waals surface area contributed by atoms with Crippen molar-refractivity contribution in [3.63, 3.8) is 0 Å². The van der Waals surface area contributed by atoms with Gasteiger partial charge in [-0.15, -0.1) is 0 Å². The molecule has 0 aliphatic heterocycles. The van der Waals surface area contributed by atoms with E-state index in [-0.39, 0.29) is 11.6 Å². The Hall–Kier alpha value is -0.530. The lowest BCUT2D eigenvalue weighted by molar-refractivity contribution is -0.165. The highest BCUT2D eigenvalue weighted by molar-refractivity contribution is 5.66. The van der Waals surface area contributed by atoms with Crippen LogP contribution in [-0.2, 0) is 9.53 Å². The van der Waals surface area contributed by atoms with Gasteiger partial charge >= 0.3 is 5.97 Å². The van der Waals surface area contributed by atoms with Crippen LogP contribution in [0.15, 0.2) is 0 Å². The molecule has 0 N–H and O–H groups in total. The molecule has 0 amide bonds. The Labute approximate surface area is 75.3 Å². The first kappa shape index (κ1) is 11.5. The Balaban J connectivity index is 4.51. The van der Waals surface area contributed by atoms with Gasteiger partial charge in [-0.1, -0.05) is 27.7 Å². The molecule has 0 aliphatic rings. The van der Waals surface area contributed by atoms with E-state index in [1.54, 1.807) is 0 Å². The fraction of sp³-hybridized carbons (Fsp3) is 0.900. The summed E-state index contributed by atoms with van der Waals surface area (Å²) >= 11 is 0. The van der Waals surface area contributed by atoms with Crippen LogP contribution >= 0.6 is 0 Å². The lowest BCUT2D eigenvalue weighted by Crippen LogP contribution is -2.41. The first-order chi connectivity index (χ1) is 5.30. The zero-order valence-electron chi connectivity index (χ0n) is 8.97. The normalized spacial score (nSPS) is 12.3. The molecule has 0 atom stereocenters. The predicted molar refractivity (Wildman–Crippen MR) is 49.8 cm³/mol. The number of ether oxygens (including phenoxy) is 1. The summed E-state index contributed by atoms with van der Waals surface area (Å²) in [6.07, 6.45) is 0. The minimum atomic E-state index is -0.328. The molecule has 0 fully saturated rings. The lowest BCUT2D eigenvalue weighted by Gasteiger charge is -2.36. The van der Waals surface area contributed by atoms with Crippen molar-refractivity contribution in [2.24, 2.45) is 11.8 Å². The number of rotatable bonds is 3. The number of hydrogen-bond donors (Lipinski definition) is 0. The molecule has 0 spiro atoms. The molecule has 0 aromatic heterocycles. The summed E-state index contributed by atoms with van der Waals surface area (Å²) < 4.78 is 5.32. The summed E-state index contributed by atoms with van der Waals surface area (Å²) in [5.41, 5.74) is -0.328. The van der Waals surface area contributed by atoms with E-state index in [0.29, 0.717) is 11.8 Å². The van der Waals surface area contributed by atoms with E-state index in [9.17, 15) is 4.79 Å². The minimum Gasteiger partial charge on any atom is -0.459 e. The number of carbonyl (C=O) groups excluding carboxylic acids is 1. The standard InChI is InChI=1S/C10H20O2/c1-7(2)10(6,8(3)4)12-9(5)11/h7-8H,1-6H3. The average molecular weight is 172 g/mol. The number of hydrogen-bond acceptors (Lipinski definition) is 2. The monoisotopic (exact) mass is 172 g/mol. The van der Waals surface area contributed by atoms with Crippen molar-refractivity contribution in [1.82, 2.24) is 0 Å². The summed E-state index contributed by atoms with van der Waals surface area (Å²) in [6.45, 7) is 11.7. The molecule has 0 heterocycles. The Morgan fingerprint density at radius 1 is 1.17 bits per heavy atom. The van der Waals surface area contributed by atoms with Gasteiger partial charge in [0.05, 0.1) is 0 Å². The van der Waals surface area contributed by atoms with Crippen molar-refractivity contribution in [3.05, 3.63) is 0 Å². The highest BCUT2D eigenvalue weighted by atomic mass is 16.6.